The first kappa shape index (κ1) is 13.2. The van der Waals surface area contributed by atoms with Crippen molar-refractivity contribution in [1.29, 1.82) is 0 Å². The van der Waals surface area contributed by atoms with E-state index in [1.54, 1.807) is 0 Å². The number of thiocarbonyl (C=S) groups is 1. The summed E-state index contributed by atoms with van der Waals surface area (Å²) >= 11 is 4.93. The number of hydrogen-bond donors (Lipinski definition) is 3. The lowest BCUT2D eigenvalue weighted by atomic mass is 10.2. The maximum absolute atomic E-state index is 13.1. The first-order valence-corrected chi connectivity index (χ1v) is 5.73. The third kappa shape index (κ3) is 2.97. The lowest BCUT2D eigenvalue weighted by Crippen LogP contribution is -2.40. The van der Waals surface area contributed by atoms with E-state index in [1.807, 2.05) is 0 Å². The summed E-state index contributed by atoms with van der Waals surface area (Å²) < 4.78 is 18.1. The summed E-state index contributed by atoms with van der Waals surface area (Å²) in [6.07, 6.45) is 0. The van der Waals surface area contributed by atoms with Gasteiger partial charge >= 0.3 is 5.97 Å². The summed E-state index contributed by atoms with van der Waals surface area (Å²) in [6, 6.07) is 3.09. The predicted molar refractivity (Wildman–Crippen MR) is 70.4 cm³/mol. The number of hydrogen-bond acceptors (Lipinski definition) is 4. The summed E-state index contributed by atoms with van der Waals surface area (Å²) in [5, 5.41) is 18.1. The third-order valence-electron chi connectivity index (χ3n) is 2.38. The molecule has 0 saturated heterocycles. The normalized spacial score (nSPS) is 12.1. The highest BCUT2D eigenvalue weighted by Gasteiger charge is 2.14. The number of anilines is 1. The van der Waals surface area contributed by atoms with Gasteiger partial charge in [0.2, 0.25) is 0 Å². The second-order valence-electron chi connectivity index (χ2n) is 3.83. The van der Waals surface area contributed by atoms with Crippen molar-refractivity contribution >= 4 is 40.1 Å². The molecule has 2 rings (SSSR count). The number of benzene rings is 1. The van der Waals surface area contributed by atoms with Crippen LogP contribution < -0.4 is 10.6 Å². The number of rotatable bonds is 3. The number of nitrogens with zero attached hydrogens (tertiary/aromatic N) is 1. The summed E-state index contributed by atoms with van der Waals surface area (Å²) in [6.45, 7) is 1.44. The van der Waals surface area contributed by atoms with Gasteiger partial charge in [0.15, 0.2) is 16.5 Å². The monoisotopic (exact) mass is 283 g/mol. The van der Waals surface area contributed by atoms with Crippen LogP contribution in [0, 0.1) is 5.82 Å². The zero-order chi connectivity index (χ0) is 14.0. The van der Waals surface area contributed by atoms with Crippen molar-refractivity contribution in [3.63, 3.8) is 0 Å². The molecule has 1 unspecified atom stereocenters. The highest BCUT2D eigenvalue weighted by Crippen LogP contribution is 2.23. The van der Waals surface area contributed by atoms with Gasteiger partial charge in [0, 0.05) is 0 Å². The van der Waals surface area contributed by atoms with E-state index in [1.165, 1.54) is 25.1 Å². The maximum Gasteiger partial charge on any atom is 0.325 e. The van der Waals surface area contributed by atoms with E-state index in [0.29, 0.717) is 11.0 Å². The standard InChI is InChI=1S/C11H10FN3O3S/c1-5(10(16)17)13-11(19)14-9-7-4-6(12)2-3-8(7)18-15-9/h2-5H,1H3,(H,16,17)(H2,13,14,15,19). The highest BCUT2D eigenvalue weighted by molar-refractivity contribution is 7.80. The van der Waals surface area contributed by atoms with Gasteiger partial charge in [-0.25, -0.2) is 4.39 Å². The minimum Gasteiger partial charge on any atom is -0.480 e. The van der Waals surface area contributed by atoms with Crippen LogP contribution in [-0.2, 0) is 4.79 Å². The Kier molecular flexibility index (Phi) is 3.61. The molecule has 0 saturated carbocycles. The van der Waals surface area contributed by atoms with Crippen molar-refractivity contribution in [3.8, 4) is 0 Å². The van der Waals surface area contributed by atoms with Crippen molar-refractivity contribution in [2.24, 2.45) is 0 Å². The van der Waals surface area contributed by atoms with Crippen LogP contribution in [0.25, 0.3) is 11.0 Å². The van der Waals surface area contributed by atoms with Crippen LogP contribution in [0.2, 0.25) is 0 Å². The van der Waals surface area contributed by atoms with Crippen LogP contribution in [0.4, 0.5) is 10.2 Å². The maximum atomic E-state index is 13.1. The minimum absolute atomic E-state index is 0.0642. The molecule has 0 bridgehead atoms. The predicted octanol–water partition coefficient (Wildman–Crippen LogP) is 1.73. The molecule has 2 aromatic rings. The minimum atomic E-state index is -1.04. The molecule has 0 aliphatic rings. The highest BCUT2D eigenvalue weighted by atomic mass is 32.1. The Labute approximate surface area is 112 Å². The van der Waals surface area contributed by atoms with E-state index in [4.69, 9.17) is 21.8 Å². The fraction of sp³-hybridized carbons (Fsp3) is 0.182. The molecule has 1 atom stereocenters. The quantitative estimate of drug-likeness (QED) is 0.739. The van der Waals surface area contributed by atoms with Gasteiger partial charge in [-0.15, -0.1) is 0 Å². The van der Waals surface area contributed by atoms with Crippen LogP contribution in [-0.4, -0.2) is 27.4 Å². The molecule has 0 fully saturated rings. The molecule has 1 heterocycles. The van der Waals surface area contributed by atoms with E-state index in [0.717, 1.165) is 0 Å². The van der Waals surface area contributed by atoms with E-state index in [2.05, 4.69) is 15.8 Å². The smallest absolute Gasteiger partial charge is 0.325 e. The van der Waals surface area contributed by atoms with Gasteiger partial charge in [0.05, 0.1) is 5.39 Å². The molecular formula is C11H10FN3O3S. The number of carbonyl (C=O) groups is 1. The molecule has 1 aromatic heterocycles. The van der Waals surface area contributed by atoms with Crippen LogP contribution in [0.3, 0.4) is 0 Å². The van der Waals surface area contributed by atoms with Crippen molar-refractivity contribution in [3.05, 3.63) is 24.0 Å². The molecule has 0 spiro atoms. The molecule has 1 aromatic carbocycles. The van der Waals surface area contributed by atoms with Crippen molar-refractivity contribution in [2.75, 3.05) is 5.32 Å². The van der Waals surface area contributed by atoms with Crippen LogP contribution >= 0.6 is 12.2 Å². The van der Waals surface area contributed by atoms with Crippen LogP contribution in [0.5, 0.6) is 0 Å². The summed E-state index contributed by atoms with van der Waals surface area (Å²) in [4.78, 5) is 10.7. The van der Waals surface area contributed by atoms with Crippen molar-refractivity contribution in [1.82, 2.24) is 10.5 Å². The second kappa shape index (κ2) is 5.19. The Morgan fingerprint density at radius 2 is 2.32 bits per heavy atom. The Morgan fingerprint density at radius 1 is 1.58 bits per heavy atom. The lowest BCUT2D eigenvalue weighted by Gasteiger charge is -2.11. The van der Waals surface area contributed by atoms with Gasteiger partial charge < -0.3 is 20.3 Å². The van der Waals surface area contributed by atoms with Gasteiger partial charge in [-0.1, -0.05) is 5.16 Å². The molecule has 0 aliphatic heterocycles. The Hall–Kier alpha value is -2.22. The molecule has 6 nitrogen and oxygen atoms in total. The number of nitrogens with one attached hydrogen (secondary N) is 2. The van der Waals surface area contributed by atoms with E-state index < -0.39 is 17.8 Å². The molecule has 100 valence electrons. The van der Waals surface area contributed by atoms with E-state index in [-0.39, 0.29) is 10.9 Å². The van der Waals surface area contributed by atoms with Gasteiger partial charge in [-0.3, -0.25) is 4.79 Å². The molecule has 3 N–H and O–H groups in total. The summed E-state index contributed by atoms with van der Waals surface area (Å²) in [7, 11) is 0. The van der Waals surface area contributed by atoms with Gasteiger partial charge in [-0.2, -0.15) is 0 Å². The second-order valence-corrected chi connectivity index (χ2v) is 4.24. The van der Waals surface area contributed by atoms with Gasteiger partial charge in [0.25, 0.3) is 0 Å². The van der Waals surface area contributed by atoms with Crippen LogP contribution in [0.15, 0.2) is 22.7 Å². The van der Waals surface area contributed by atoms with Gasteiger partial charge in [-0.05, 0) is 37.3 Å². The SMILES string of the molecule is CC(NC(=S)Nc1noc2ccc(F)cc12)C(=O)O. The van der Waals surface area contributed by atoms with E-state index in [9.17, 15) is 9.18 Å². The Balaban J connectivity index is 2.15. The molecule has 8 heteroatoms. The van der Waals surface area contributed by atoms with Crippen molar-refractivity contribution < 1.29 is 18.8 Å². The molecule has 0 aliphatic carbocycles. The number of aliphatic carboxylic acids is 1. The number of aromatic nitrogens is 1. The zero-order valence-electron chi connectivity index (χ0n) is 9.81. The number of halogens is 1. The Bertz CT molecular complexity index is 643. The van der Waals surface area contributed by atoms with Crippen LogP contribution in [0.1, 0.15) is 6.92 Å². The molecule has 0 amide bonds. The number of carboxylic acid groups (broad SMARTS) is 1. The molecular weight excluding hydrogens is 273 g/mol. The fourth-order valence-electron chi connectivity index (χ4n) is 1.40. The summed E-state index contributed by atoms with van der Waals surface area (Å²) in [5.74, 6) is -1.25. The Morgan fingerprint density at radius 3 is 3.00 bits per heavy atom. The number of fused-ring (bicyclic) bond motifs is 1. The average molecular weight is 283 g/mol. The molecule has 19 heavy (non-hydrogen) atoms. The topological polar surface area (TPSA) is 87.4 Å². The molecule has 0 radical (unpaired) electrons. The third-order valence-corrected chi connectivity index (χ3v) is 2.60. The number of carboxylic acids is 1. The largest absolute Gasteiger partial charge is 0.480 e. The first-order chi connectivity index (χ1) is 8.97. The van der Waals surface area contributed by atoms with E-state index >= 15 is 0 Å². The lowest BCUT2D eigenvalue weighted by molar-refractivity contribution is -0.138. The fourth-order valence-corrected chi connectivity index (χ4v) is 1.68. The first-order valence-electron chi connectivity index (χ1n) is 5.32. The average Bonchev–Trinajstić information content (AvgIpc) is 2.71. The van der Waals surface area contributed by atoms with Gasteiger partial charge in [0.1, 0.15) is 11.9 Å². The van der Waals surface area contributed by atoms with Crippen molar-refractivity contribution in [2.45, 2.75) is 13.0 Å². The summed E-state index contributed by atoms with van der Waals surface area (Å²) in [5.41, 5.74) is 0.401. The zero-order valence-corrected chi connectivity index (χ0v) is 10.6.